The molecule has 3 aromatic carbocycles. The molecule has 3 rings (SSSR count). The van der Waals surface area contributed by atoms with E-state index in [2.05, 4.69) is 5.32 Å². The van der Waals surface area contributed by atoms with Crippen molar-refractivity contribution in [1.29, 1.82) is 0 Å². The summed E-state index contributed by atoms with van der Waals surface area (Å²) in [5.74, 6) is 1.26. The molecule has 32 heavy (non-hydrogen) atoms. The molecule has 0 aliphatic carbocycles. The molecule has 0 saturated carbocycles. The molecule has 0 unspecified atom stereocenters. The summed E-state index contributed by atoms with van der Waals surface area (Å²) in [6.07, 6.45) is 3.08. The zero-order chi connectivity index (χ0) is 23.1. The number of anilines is 1. The Hall–Kier alpha value is -2.86. The lowest BCUT2D eigenvalue weighted by molar-refractivity contribution is -0.111. The van der Waals surface area contributed by atoms with Gasteiger partial charge in [0.2, 0.25) is 5.91 Å². The SMILES string of the molecule is COc1ccc(NC(=O)/C=C/c2ccc(OCc3c(Cl)cccc3Cl)c(OC)c2)cc1Cl. The number of carbonyl (C=O) groups excluding carboxylic acids is 1. The summed E-state index contributed by atoms with van der Waals surface area (Å²) in [5, 5.41) is 4.21. The third-order valence-electron chi connectivity index (χ3n) is 4.47. The Balaban J connectivity index is 1.66. The van der Waals surface area contributed by atoms with E-state index in [-0.39, 0.29) is 12.5 Å². The summed E-state index contributed by atoms with van der Waals surface area (Å²) in [5.41, 5.74) is 2.01. The van der Waals surface area contributed by atoms with E-state index in [1.807, 2.05) is 0 Å². The number of hydrogen-bond donors (Lipinski definition) is 1. The molecule has 8 heteroatoms. The van der Waals surface area contributed by atoms with Crippen molar-refractivity contribution in [2.45, 2.75) is 6.61 Å². The fourth-order valence-electron chi connectivity index (χ4n) is 2.83. The molecule has 5 nitrogen and oxygen atoms in total. The highest BCUT2D eigenvalue weighted by Crippen LogP contribution is 2.32. The molecule has 0 bridgehead atoms. The average molecular weight is 493 g/mol. The summed E-state index contributed by atoms with van der Waals surface area (Å²) in [6, 6.07) is 15.6. The second-order valence-corrected chi connectivity index (χ2v) is 7.79. The van der Waals surface area contributed by atoms with Crippen LogP contribution in [0.1, 0.15) is 11.1 Å². The topological polar surface area (TPSA) is 56.8 Å². The van der Waals surface area contributed by atoms with Gasteiger partial charge in [0.25, 0.3) is 0 Å². The van der Waals surface area contributed by atoms with E-state index in [1.54, 1.807) is 60.7 Å². The van der Waals surface area contributed by atoms with Gasteiger partial charge in [-0.05, 0) is 54.1 Å². The van der Waals surface area contributed by atoms with Gasteiger partial charge in [0, 0.05) is 27.4 Å². The highest BCUT2D eigenvalue weighted by Gasteiger charge is 2.10. The molecule has 0 spiro atoms. The molecule has 0 radical (unpaired) electrons. The fourth-order valence-corrected chi connectivity index (χ4v) is 3.59. The fraction of sp³-hybridized carbons (Fsp3) is 0.125. The largest absolute Gasteiger partial charge is 0.495 e. The standard InChI is InChI=1S/C24H20Cl3NO4/c1-30-21-10-8-16(13-20(21)27)28-24(29)11-7-15-6-9-22(23(12-15)31-2)32-14-17-18(25)4-3-5-19(17)26/h3-13H,14H2,1-2H3,(H,28,29)/b11-7+. The third-order valence-corrected chi connectivity index (χ3v) is 5.47. The minimum absolute atomic E-state index is 0.191. The number of nitrogens with one attached hydrogen (secondary N) is 1. The second kappa shape index (κ2) is 11.1. The lowest BCUT2D eigenvalue weighted by Gasteiger charge is -2.13. The number of methoxy groups -OCH3 is 2. The molecule has 0 saturated heterocycles. The molecule has 3 aromatic rings. The van der Waals surface area contributed by atoms with Crippen LogP contribution in [0, 0.1) is 0 Å². The lowest BCUT2D eigenvalue weighted by atomic mass is 10.2. The van der Waals surface area contributed by atoms with Crippen LogP contribution in [0.15, 0.2) is 60.7 Å². The molecule has 166 valence electrons. The van der Waals surface area contributed by atoms with Gasteiger partial charge in [-0.2, -0.15) is 0 Å². The third kappa shape index (κ3) is 6.10. The van der Waals surface area contributed by atoms with Crippen LogP contribution in [0.25, 0.3) is 6.08 Å². The second-order valence-electron chi connectivity index (χ2n) is 6.57. The number of rotatable bonds is 8. The number of ether oxygens (including phenoxy) is 3. The van der Waals surface area contributed by atoms with Gasteiger partial charge in [0.1, 0.15) is 12.4 Å². The van der Waals surface area contributed by atoms with E-state index < -0.39 is 0 Å². The van der Waals surface area contributed by atoms with Crippen molar-refractivity contribution in [3.05, 3.63) is 86.9 Å². The number of carbonyl (C=O) groups is 1. The minimum atomic E-state index is -0.307. The van der Waals surface area contributed by atoms with Crippen molar-refractivity contribution in [3.8, 4) is 17.2 Å². The van der Waals surface area contributed by atoms with Crippen LogP contribution in [-0.2, 0) is 11.4 Å². The maximum Gasteiger partial charge on any atom is 0.248 e. The van der Waals surface area contributed by atoms with E-state index in [0.717, 1.165) is 5.56 Å². The lowest BCUT2D eigenvalue weighted by Crippen LogP contribution is -2.07. The van der Waals surface area contributed by atoms with Crippen molar-refractivity contribution in [1.82, 2.24) is 0 Å². The Labute approximate surface area is 201 Å². The predicted octanol–water partition coefficient (Wildman–Crippen LogP) is 6.89. The van der Waals surface area contributed by atoms with E-state index >= 15 is 0 Å². The molecule has 0 aliphatic rings. The van der Waals surface area contributed by atoms with Crippen molar-refractivity contribution in [2.75, 3.05) is 19.5 Å². The van der Waals surface area contributed by atoms with Gasteiger partial charge >= 0.3 is 0 Å². The van der Waals surface area contributed by atoms with Crippen LogP contribution in [0.5, 0.6) is 17.2 Å². The highest BCUT2D eigenvalue weighted by molar-refractivity contribution is 6.36. The molecule has 0 aliphatic heterocycles. The number of hydrogen-bond acceptors (Lipinski definition) is 4. The Kier molecular flexibility index (Phi) is 8.28. The van der Waals surface area contributed by atoms with Crippen molar-refractivity contribution < 1.29 is 19.0 Å². The van der Waals surface area contributed by atoms with Crippen molar-refractivity contribution in [2.24, 2.45) is 0 Å². The van der Waals surface area contributed by atoms with Gasteiger partial charge in [-0.1, -0.05) is 46.9 Å². The molecule has 0 atom stereocenters. The highest BCUT2D eigenvalue weighted by atomic mass is 35.5. The van der Waals surface area contributed by atoms with E-state index in [9.17, 15) is 4.79 Å². The van der Waals surface area contributed by atoms with Gasteiger partial charge < -0.3 is 19.5 Å². The first kappa shape index (κ1) is 23.8. The molecule has 1 N–H and O–H groups in total. The van der Waals surface area contributed by atoms with Gasteiger partial charge in [-0.3, -0.25) is 4.79 Å². The normalized spacial score (nSPS) is 10.8. The first-order chi connectivity index (χ1) is 15.4. The Bertz CT molecular complexity index is 1130. The smallest absolute Gasteiger partial charge is 0.248 e. The van der Waals surface area contributed by atoms with Crippen LogP contribution in [0.2, 0.25) is 15.1 Å². The Morgan fingerprint density at radius 2 is 1.56 bits per heavy atom. The number of amides is 1. The van der Waals surface area contributed by atoms with Crippen LogP contribution >= 0.6 is 34.8 Å². The van der Waals surface area contributed by atoms with Crippen LogP contribution in [0.3, 0.4) is 0 Å². The minimum Gasteiger partial charge on any atom is -0.495 e. The van der Waals surface area contributed by atoms with Gasteiger partial charge in [-0.25, -0.2) is 0 Å². The Morgan fingerprint density at radius 3 is 2.22 bits per heavy atom. The van der Waals surface area contributed by atoms with Gasteiger partial charge in [-0.15, -0.1) is 0 Å². The summed E-state index contributed by atoms with van der Waals surface area (Å²) in [4.78, 5) is 12.2. The Morgan fingerprint density at radius 1 is 0.875 bits per heavy atom. The van der Waals surface area contributed by atoms with Gasteiger partial charge in [0.05, 0.1) is 19.2 Å². The van der Waals surface area contributed by atoms with E-state index in [1.165, 1.54) is 20.3 Å². The molecule has 1 amide bonds. The quantitative estimate of drug-likeness (QED) is 0.348. The monoisotopic (exact) mass is 491 g/mol. The zero-order valence-corrected chi connectivity index (χ0v) is 19.6. The van der Waals surface area contributed by atoms with Crippen LogP contribution < -0.4 is 19.5 Å². The summed E-state index contributed by atoms with van der Waals surface area (Å²) >= 11 is 18.5. The van der Waals surface area contributed by atoms with Crippen molar-refractivity contribution >= 4 is 52.5 Å². The predicted molar refractivity (Wildman–Crippen MR) is 129 cm³/mol. The summed E-state index contributed by atoms with van der Waals surface area (Å²) in [7, 11) is 3.07. The van der Waals surface area contributed by atoms with Crippen LogP contribution in [0.4, 0.5) is 5.69 Å². The van der Waals surface area contributed by atoms with E-state index in [0.29, 0.717) is 43.6 Å². The molecule has 0 aromatic heterocycles. The van der Waals surface area contributed by atoms with Crippen LogP contribution in [-0.4, -0.2) is 20.1 Å². The molecular formula is C24H20Cl3NO4. The first-order valence-electron chi connectivity index (χ1n) is 9.47. The molecule has 0 fully saturated rings. The maximum atomic E-state index is 12.2. The average Bonchev–Trinajstić information content (AvgIpc) is 2.78. The van der Waals surface area contributed by atoms with Gasteiger partial charge in [0.15, 0.2) is 11.5 Å². The number of benzene rings is 3. The summed E-state index contributed by atoms with van der Waals surface area (Å²) in [6.45, 7) is 0.191. The van der Waals surface area contributed by atoms with Crippen molar-refractivity contribution in [3.63, 3.8) is 0 Å². The number of halogens is 3. The maximum absolute atomic E-state index is 12.2. The summed E-state index contributed by atoms with van der Waals surface area (Å²) < 4.78 is 16.4. The zero-order valence-electron chi connectivity index (χ0n) is 17.3. The molecule has 0 heterocycles. The van der Waals surface area contributed by atoms with E-state index in [4.69, 9.17) is 49.0 Å². The first-order valence-corrected chi connectivity index (χ1v) is 10.6. The molecular weight excluding hydrogens is 473 g/mol.